The highest BCUT2D eigenvalue weighted by Gasteiger charge is 2.16. The normalized spacial score (nSPS) is 11.4. The zero-order valence-electron chi connectivity index (χ0n) is 18.8. The van der Waals surface area contributed by atoms with Gasteiger partial charge in [0, 0.05) is 27.5 Å². The molecule has 5 aromatic carbocycles. The fraction of sp³-hybridized carbons (Fsp3) is 0. The number of nitrogens with zero attached hydrogens (tertiary/aromatic N) is 2. The van der Waals surface area contributed by atoms with Gasteiger partial charge in [0.25, 0.3) is 0 Å². The lowest BCUT2D eigenvalue weighted by Gasteiger charge is -2.11. The maximum atomic E-state index is 6.15. The van der Waals surface area contributed by atoms with Gasteiger partial charge in [0.15, 0.2) is 5.82 Å². The Labute approximate surface area is 202 Å². The van der Waals surface area contributed by atoms with Gasteiger partial charge >= 0.3 is 0 Å². The number of benzene rings is 5. The van der Waals surface area contributed by atoms with Gasteiger partial charge in [-0.2, -0.15) is 0 Å². The minimum Gasteiger partial charge on any atom is -0.456 e. The zero-order valence-corrected chi connectivity index (χ0v) is 18.8. The molecule has 7 aromatic rings. The van der Waals surface area contributed by atoms with Crippen LogP contribution in [0.25, 0.3) is 66.6 Å². The Morgan fingerprint density at radius 2 is 1.23 bits per heavy atom. The lowest BCUT2D eigenvalue weighted by atomic mass is 10.0. The van der Waals surface area contributed by atoms with Gasteiger partial charge < -0.3 is 4.42 Å². The number of hydrogen-bond donors (Lipinski definition) is 0. The molecule has 0 fully saturated rings. The van der Waals surface area contributed by atoms with Crippen LogP contribution in [0.15, 0.2) is 126 Å². The molecule has 0 radical (unpaired) electrons. The molecule has 3 heteroatoms. The van der Waals surface area contributed by atoms with E-state index in [1.54, 1.807) is 0 Å². The molecule has 0 unspecified atom stereocenters. The Bertz CT molecular complexity index is 1850. The molecule has 2 heterocycles. The summed E-state index contributed by atoms with van der Waals surface area (Å²) in [5, 5.41) is 4.53. The lowest BCUT2D eigenvalue weighted by Crippen LogP contribution is -1.96. The van der Waals surface area contributed by atoms with Crippen molar-refractivity contribution in [3.05, 3.63) is 121 Å². The van der Waals surface area contributed by atoms with Crippen molar-refractivity contribution in [3.8, 4) is 33.9 Å². The average Bonchev–Trinajstić information content (AvgIpc) is 3.32. The van der Waals surface area contributed by atoms with E-state index >= 15 is 0 Å². The van der Waals surface area contributed by atoms with E-state index in [9.17, 15) is 0 Å². The maximum absolute atomic E-state index is 6.15. The fourth-order valence-electron chi connectivity index (χ4n) is 4.79. The van der Waals surface area contributed by atoms with Gasteiger partial charge in [-0.05, 0) is 35.0 Å². The SMILES string of the molecule is c1ccc(-c2cc(-c3cccc4oc5ccccc5c34)nc(-c3ccc4ccccc4c3)n2)cc1. The van der Waals surface area contributed by atoms with Crippen molar-refractivity contribution >= 4 is 32.7 Å². The minimum absolute atomic E-state index is 0.705. The van der Waals surface area contributed by atoms with Crippen molar-refractivity contribution in [3.63, 3.8) is 0 Å². The smallest absolute Gasteiger partial charge is 0.160 e. The summed E-state index contributed by atoms with van der Waals surface area (Å²) in [6, 6.07) is 41.4. The monoisotopic (exact) mass is 448 g/mol. The molecule has 0 atom stereocenters. The van der Waals surface area contributed by atoms with Crippen LogP contribution in [-0.4, -0.2) is 9.97 Å². The second-order valence-electron chi connectivity index (χ2n) is 8.67. The third-order valence-corrected chi connectivity index (χ3v) is 6.48. The summed E-state index contributed by atoms with van der Waals surface area (Å²) in [7, 11) is 0. The van der Waals surface area contributed by atoms with Crippen LogP contribution in [0, 0.1) is 0 Å². The van der Waals surface area contributed by atoms with Crippen molar-refractivity contribution in [2.24, 2.45) is 0 Å². The van der Waals surface area contributed by atoms with E-state index < -0.39 is 0 Å². The van der Waals surface area contributed by atoms with Crippen LogP contribution in [0.1, 0.15) is 0 Å². The zero-order chi connectivity index (χ0) is 23.2. The molecule has 0 saturated heterocycles. The Morgan fingerprint density at radius 3 is 2.14 bits per heavy atom. The highest BCUT2D eigenvalue weighted by molar-refractivity contribution is 6.12. The van der Waals surface area contributed by atoms with Crippen LogP contribution in [0.2, 0.25) is 0 Å². The first-order valence-corrected chi connectivity index (χ1v) is 11.7. The van der Waals surface area contributed by atoms with Crippen LogP contribution in [-0.2, 0) is 0 Å². The van der Waals surface area contributed by atoms with Gasteiger partial charge in [-0.1, -0.05) is 97.1 Å². The molecule has 3 nitrogen and oxygen atoms in total. The largest absolute Gasteiger partial charge is 0.456 e. The quantitative estimate of drug-likeness (QED) is 0.272. The van der Waals surface area contributed by atoms with Crippen molar-refractivity contribution in [2.45, 2.75) is 0 Å². The summed E-state index contributed by atoms with van der Waals surface area (Å²) in [5.41, 5.74) is 6.59. The maximum Gasteiger partial charge on any atom is 0.160 e. The number of aromatic nitrogens is 2. The predicted octanol–water partition coefficient (Wildman–Crippen LogP) is 8.53. The highest BCUT2D eigenvalue weighted by atomic mass is 16.3. The van der Waals surface area contributed by atoms with E-state index in [2.05, 4.69) is 72.8 Å². The van der Waals surface area contributed by atoms with Gasteiger partial charge in [-0.15, -0.1) is 0 Å². The van der Waals surface area contributed by atoms with E-state index in [0.717, 1.165) is 50.0 Å². The van der Waals surface area contributed by atoms with Crippen LogP contribution in [0.3, 0.4) is 0 Å². The van der Waals surface area contributed by atoms with E-state index in [1.165, 1.54) is 10.8 Å². The average molecular weight is 449 g/mol. The van der Waals surface area contributed by atoms with Crippen molar-refractivity contribution in [1.82, 2.24) is 9.97 Å². The Balaban J connectivity index is 1.51. The molecule has 0 aliphatic heterocycles. The van der Waals surface area contributed by atoms with E-state index in [1.807, 2.05) is 48.5 Å². The molecule has 35 heavy (non-hydrogen) atoms. The molecular formula is C32H20N2O. The third kappa shape index (κ3) is 3.37. The second kappa shape index (κ2) is 7.93. The molecule has 164 valence electrons. The van der Waals surface area contributed by atoms with Crippen LogP contribution in [0.4, 0.5) is 0 Å². The highest BCUT2D eigenvalue weighted by Crippen LogP contribution is 2.37. The Hall–Kier alpha value is -4.76. The van der Waals surface area contributed by atoms with Crippen LogP contribution >= 0.6 is 0 Å². The molecule has 0 spiro atoms. The first-order chi connectivity index (χ1) is 17.3. The van der Waals surface area contributed by atoms with Crippen molar-refractivity contribution < 1.29 is 4.42 Å². The van der Waals surface area contributed by atoms with E-state index in [4.69, 9.17) is 14.4 Å². The molecule has 7 rings (SSSR count). The van der Waals surface area contributed by atoms with Crippen molar-refractivity contribution in [1.29, 1.82) is 0 Å². The number of furan rings is 1. The Kier molecular flexibility index (Phi) is 4.46. The summed E-state index contributed by atoms with van der Waals surface area (Å²) < 4.78 is 6.15. The summed E-state index contributed by atoms with van der Waals surface area (Å²) >= 11 is 0. The van der Waals surface area contributed by atoms with Crippen molar-refractivity contribution in [2.75, 3.05) is 0 Å². The van der Waals surface area contributed by atoms with Gasteiger partial charge in [-0.3, -0.25) is 0 Å². The molecule has 0 N–H and O–H groups in total. The van der Waals surface area contributed by atoms with E-state index in [0.29, 0.717) is 5.82 Å². The summed E-state index contributed by atoms with van der Waals surface area (Å²) in [4.78, 5) is 10.1. The molecule has 0 aliphatic carbocycles. The topological polar surface area (TPSA) is 38.9 Å². The molecule has 0 saturated carbocycles. The van der Waals surface area contributed by atoms with Crippen LogP contribution < -0.4 is 0 Å². The Morgan fingerprint density at radius 1 is 0.486 bits per heavy atom. The molecule has 0 amide bonds. The van der Waals surface area contributed by atoms with E-state index in [-0.39, 0.29) is 0 Å². The van der Waals surface area contributed by atoms with Gasteiger partial charge in [-0.25, -0.2) is 9.97 Å². The first kappa shape index (κ1) is 19.7. The van der Waals surface area contributed by atoms with Gasteiger partial charge in [0.2, 0.25) is 0 Å². The van der Waals surface area contributed by atoms with Crippen LogP contribution in [0.5, 0.6) is 0 Å². The molecular weight excluding hydrogens is 428 g/mol. The summed E-state index contributed by atoms with van der Waals surface area (Å²) in [5.74, 6) is 0.705. The standard InChI is InChI=1S/C32H20N2O/c1-2-10-22(11-3-1)27-20-28(25-14-8-16-30-31(25)26-13-6-7-15-29(26)35-30)34-32(33-27)24-18-17-21-9-4-5-12-23(21)19-24/h1-20H. The number of hydrogen-bond acceptors (Lipinski definition) is 3. The lowest BCUT2D eigenvalue weighted by molar-refractivity contribution is 0.669. The number of rotatable bonds is 3. The predicted molar refractivity (Wildman–Crippen MR) is 143 cm³/mol. The second-order valence-corrected chi connectivity index (χ2v) is 8.67. The third-order valence-electron chi connectivity index (χ3n) is 6.48. The minimum atomic E-state index is 0.705. The number of fused-ring (bicyclic) bond motifs is 4. The molecule has 0 aliphatic rings. The summed E-state index contributed by atoms with van der Waals surface area (Å²) in [6.45, 7) is 0. The first-order valence-electron chi connectivity index (χ1n) is 11.7. The van der Waals surface area contributed by atoms with Gasteiger partial charge in [0.1, 0.15) is 11.2 Å². The van der Waals surface area contributed by atoms with Gasteiger partial charge in [0.05, 0.1) is 11.4 Å². The summed E-state index contributed by atoms with van der Waals surface area (Å²) in [6.07, 6.45) is 0. The number of para-hydroxylation sites is 1. The molecule has 2 aromatic heterocycles. The molecule has 0 bridgehead atoms. The fourth-order valence-corrected chi connectivity index (χ4v) is 4.79.